The maximum absolute atomic E-state index is 12.4. The van der Waals surface area contributed by atoms with Crippen molar-refractivity contribution in [1.82, 2.24) is 10.6 Å². The van der Waals surface area contributed by atoms with Crippen molar-refractivity contribution >= 4 is 23.5 Å². The van der Waals surface area contributed by atoms with E-state index in [-0.39, 0.29) is 17.4 Å². The van der Waals surface area contributed by atoms with Crippen molar-refractivity contribution in [3.63, 3.8) is 0 Å². The van der Waals surface area contributed by atoms with E-state index in [1.807, 2.05) is 6.92 Å². The van der Waals surface area contributed by atoms with Crippen LogP contribution in [0.4, 0.5) is 0 Å². The highest BCUT2D eigenvalue weighted by Gasteiger charge is 2.63. The van der Waals surface area contributed by atoms with E-state index >= 15 is 0 Å². The Bertz CT molecular complexity index is 1140. The maximum Gasteiger partial charge on any atom is 0.326 e. The molecule has 9 heteroatoms. The van der Waals surface area contributed by atoms with Crippen LogP contribution in [0.25, 0.3) is 0 Å². The highest BCUT2D eigenvalue weighted by Crippen LogP contribution is 2.67. The fourth-order valence-electron chi connectivity index (χ4n) is 8.38. The Morgan fingerprint density at radius 2 is 1.88 bits per heavy atom. The Hall–Kier alpha value is -2.86. The first kappa shape index (κ1) is 31.1. The van der Waals surface area contributed by atoms with Gasteiger partial charge in [0.05, 0.1) is 5.71 Å². The molecule has 0 aliphatic heterocycles. The number of carbonyl (C=O) groups is 3. The third-order valence-corrected chi connectivity index (χ3v) is 11.0. The zero-order chi connectivity index (χ0) is 30.0. The van der Waals surface area contributed by atoms with Crippen LogP contribution in [0, 0.1) is 40.9 Å². The monoisotopic (exact) mass is 569 g/mol. The summed E-state index contributed by atoms with van der Waals surface area (Å²) >= 11 is 0. The molecule has 3 saturated carbocycles. The van der Waals surface area contributed by atoms with E-state index in [0.29, 0.717) is 37.0 Å². The van der Waals surface area contributed by atoms with E-state index in [0.717, 1.165) is 57.1 Å². The summed E-state index contributed by atoms with van der Waals surface area (Å²) in [5.41, 5.74) is 1.10. The minimum Gasteiger partial charge on any atom is -0.480 e. The number of terminal acetylenes is 1. The van der Waals surface area contributed by atoms with Crippen LogP contribution in [0.15, 0.2) is 16.8 Å². The lowest BCUT2D eigenvalue weighted by Crippen LogP contribution is -2.54. The van der Waals surface area contributed by atoms with Crippen LogP contribution in [0.2, 0.25) is 0 Å². The molecule has 4 aliphatic rings. The number of carboxylic acids is 1. The highest BCUT2D eigenvalue weighted by molar-refractivity contribution is 5.96. The Labute approximate surface area is 243 Å². The predicted octanol–water partition coefficient (Wildman–Crippen LogP) is 3.95. The van der Waals surface area contributed by atoms with Crippen LogP contribution in [0.3, 0.4) is 0 Å². The van der Waals surface area contributed by atoms with Crippen molar-refractivity contribution in [1.29, 1.82) is 0 Å². The number of nitrogens with one attached hydrogen (secondary N) is 2. The molecule has 0 unspecified atom stereocenters. The van der Waals surface area contributed by atoms with Gasteiger partial charge in [-0.2, -0.15) is 0 Å². The molecular weight excluding hydrogens is 522 g/mol. The molecule has 8 atom stereocenters. The van der Waals surface area contributed by atoms with E-state index in [2.05, 4.69) is 41.6 Å². The van der Waals surface area contributed by atoms with Crippen LogP contribution in [-0.4, -0.2) is 58.0 Å². The number of oxime groups is 1. The molecule has 9 nitrogen and oxygen atoms in total. The number of unbranched alkanes of at least 4 members (excludes halogenated alkanes) is 1. The molecule has 0 aromatic rings. The summed E-state index contributed by atoms with van der Waals surface area (Å²) in [6.07, 6.45) is 17.3. The fraction of sp³-hybridized carbons (Fsp3) is 0.750. The minimum absolute atomic E-state index is 0.0885. The molecule has 0 aromatic heterocycles. The van der Waals surface area contributed by atoms with Gasteiger partial charge in [0.15, 0.2) is 6.61 Å². The molecule has 0 radical (unpaired) electrons. The lowest BCUT2D eigenvalue weighted by atomic mass is 9.46. The van der Waals surface area contributed by atoms with Crippen molar-refractivity contribution < 1.29 is 29.4 Å². The van der Waals surface area contributed by atoms with Gasteiger partial charge in [-0.3, -0.25) is 9.59 Å². The van der Waals surface area contributed by atoms with Gasteiger partial charge in [0.25, 0.3) is 5.91 Å². The van der Waals surface area contributed by atoms with Crippen LogP contribution in [0.5, 0.6) is 0 Å². The average molecular weight is 570 g/mol. The Morgan fingerprint density at radius 1 is 1.15 bits per heavy atom. The first-order chi connectivity index (χ1) is 19.4. The number of amides is 2. The molecule has 3 fully saturated rings. The Balaban J connectivity index is 1.31. The van der Waals surface area contributed by atoms with Crippen LogP contribution < -0.4 is 10.6 Å². The summed E-state index contributed by atoms with van der Waals surface area (Å²) < 4.78 is 0. The van der Waals surface area contributed by atoms with Gasteiger partial charge in [0.2, 0.25) is 5.91 Å². The standard InChI is InChI=1S/C32H47N3O6/c1-6-8-9-26(29(38)39)34-28(37)20(3)33-27(36)19-41-35-22-12-15-30(4)21(18-22)10-11-23-24(30)13-16-31(5)25(23)14-17-32(31,40)7-2/h2,18,20,23-26,40H,6,8-17,19H2,1,3-5H3,(H,33,36)(H,34,37)(H,38,39)/b35-22+/t20-,23-,24+,25-,26+,30+,31+,32-/m1/s1. The van der Waals surface area contributed by atoms with Gasteiger partial charge in [-0.15, -0.1) is 6.42 Å². The van der Waals surface area contributed by atoms with Gasteiger partial charge in [0, 0.05) is 5.41 Å². The number of fused-ring (bicyclic) bond motifs is 5. The van der Waals surface area contributed by atoms with Gasteiger partial charge >= 0.3 is 5.97 Å². The van der Waals surface area contributed by atoms with Crippen molar-refractivity contribution in [2.75, 3.05) is 6.61 Å². The van der Waals surface area contributed by atoms with Gasteiger partial charge in [0.1, 0.15) is 17.7 Å². The van der Waals surface area contributed by atoms with Gasteiger partial charge < -0.3 is 25.7 Å². The maximum atomic E-state index is 12.4. The first-order valence-electron chi connectivity index (χ1n) is 15.3. The van der Waals surface area contributed by atoms with Crippen LogP contribution in [0.1, 0.15) is 98.3 Å². The molecule has 4 rings (SSSR count). The number of nitrogens with zero attached hydrogens (tertiary/aromatic N) is 1. The minimum atomic E-state index is -1.09. The molecule has 0 aromatic carbocycles. The molecule has 4 N–H and O–H groups in total. The second-order valence-electron chi connectivity index (χ2n) is 13.2. The SMILES string of the molecule is C#C[C@@]1(O)CC[C@@H]2[C@@H]3CCC4=C/C(=N/OCC(=O)N[C@H](C)C(=O)N[C@@H](CCCC)C(=O)O)CC[C@]4(C)[C@H]3CC[C@@]21C. The second kappa shape index (κ2) is 12.2. The van der Waals surface area contributed by atoms with E-state index in [9.17, 15) is 24.6 Å². The van der Waals surface area contributed by atoms with Gasteiger partial charge in [-0.1, -0.05) is 50.3 Å². The van der Waals surface area contributed by atoms with Gasteiger partial charge in [-0.05, 0) is 94.0 Å². The van der Waals surface area contributed by atoms with E-state index in [4.69, 9.17) is 11.3 Å². The lowest BCUT2D eigenvalue weighted by Gasteiger charge is -2.58. The molecule has 0 saturated heterocycles. The van der Waals surface area contributed by atoms with Crippen molar-refractivity contribution in [3.8, 4) is 12.3 Å². The Morgan fingerprint density at radius 3 is 2.56 bits per heavy atom. The number of carboxylic acid groups (broad SMARTS) is 1. The lowest BCUT2D eigenvalue weighted by molar-refractivity contribution is -0.142. The quantitative estimate of drug-likeness (QED) is 0.232. The third kappa shape index (κ3) is 5.90. The fourth-order valence-corrected chi connectivity index (χ4v) is 8.38. The normalized spacial score (nSPS) is 36.4. The molecule has 4 aliphatic carbocycles. The van der Waals surface area contributed by atoms with E-state index < -0.39 is 35.5 Å². The van der Waals surface area contributed by atoms with Crippen molar-refractivity contribution in [2.45, 2.75) is 116 Å². The second-order valence-corrected chi connectivity index (χ2v) is 13.2. The largest absolute Gasteiger partial charge is 0.480 e. The Kier molecular flexibility index (Phi) is 9.22. The summed E-state index contributed by atoms with van der Waals surface area (Å²) in [5.74, 6) is 2.19. The summed E-state index contributed by atoms with van der Waals surface area (Å²) in [6.45, 7) is 7.72. The van der Waals surface area contributed by atoms with E-state index in [1.165, 1.54) is 12.5 Å². The number of aliphatic hydroxyl groups is 1. The van der Waals surface area contributed by atoms with E-state index in [1.54, 1.807) is 0 Å². The topological polar surface area (TPSA) is 137 Å². The third-order valence-electron chi connectivity index (χ3n) is 11.0. The van der Waals surface area contributed by atoms with Crippen molar-refractivity contribution in [2.24, 2.45) is 33.7 Å². The zero-order valence-electron chi connectivity index (χ0n) is 25.0. The molecular formula is C32H47N3O6. The first-order valence-corrected chi connectivity index (χ1v) is 15.3. The number of hydrogen-bond donors (Lipinski definition) is 4. The number of hydrogen-bond acceptors (Lipinski definition) is 6. The smallest absolute Gasteiger partial charge is 0.326 e. The number of aliphatic carboxylic acids is 1. The van der Waals surface area contributed by atoms with Gasteiger partial charge in [-0.25, -0.2) is 4.79 Å². The molecule has 2 amide bonds. The predicted molar refractivity (Wildman–Crippen MR) is 156 cm³/mol. The summed E-state index contributed by atoms with van der Waals surface area (Å²) in [6, 6.07) is -1.88. The molecule has 226 valence electrons. The summed E-state index contributed by atoms with van der Waals surface area (Å²) in [4.78, 5) is 41.5. The van der Waals surface area contributed by atoms with Crippen LogP contribution in [-0.2, 0) is 19.2 Å². The molecule has 0 heterocycles. The van der Waals surface area contributed by atoms with Crippen LogP contribution >= 0.6 is 0 Å². The number of carbonyl (C=O) groups excluding carboxylic acids is 2. The molecule has 0 bridgehead atoms. The average Bonchev–Trinajstić information content (AvgIpc) is 3.21. The van der Waals surface area contributed by atoms with Crippen molar-refractivity contribution in [3.05, 3.63) is 11.6 Å². The zero-order valence-corrected chi connectivity index (χ0v) is 25.0. The molecule has 0 spiro atoms. The number of rotatable bonds is 10. The summed E-state index contributed by atoms with van der Waals surface area (Å²) in [7, 11) is 0. The summed E-state index contributed by atoms with van der Waals surface area (Å²) in [5, 5.41) is 29.8. The highest BCUT2D eigenvalue weighted by atomic mass is 16.6. The number of allylic oxidation sites excluding steroid dienone is 2. The molecule has 41 heavy (non-hydrogen) atoms.